The highest BCUT2D eigenvalue weighted by Crippen LogP contribution is 2.37. The number of rotatable bonds is 6. The second-order valence-corrected chi connectivity index (χ2v) is 8.99. The highest BCUT2D eigenvalue weighted by atomic mass is 15.1. The van der Waals surface area contributed by atoms with E-state index in [-0.39, 0.29) is 0 Å². The monoisotopic (exact) mass is 490 g/mol. The average molecular weight is 491 g/mol. The summed E-state index contributed by atoms with van der Waals surface area (Å²) in [5.74, 6) is 1.14. The summed E-state index contributed by atoms with van der Waals surface area (Å²) in [6.07, 6.45) is 3.63. The van der Waals surface area contributed by atoms with Gasteiger partial charge in [-0.2, -0.15) is 0 Å². The highest BCUT2D eigenvalue weighted by molar-refractivity contribution is 6.28. The number of nitrogens with one attached hydrogen (secondary N) is 2. The highest BCUT2D eigenvalue weighted by Gasteiger charge is 2.21. The van der Waals surface area contributed by atoms with Gasteiger partial charge in [-0.3, -0.25) is 9.98 Å². The number of pyridine rings is 1. The van der Waals surface area contributed by atoms with Gasteiger partial charge in [0.2, 0.25) is 0 Å². The minimum Gasteiger partial charge on any atom is -0.340 e. The zero-order valence-corrected chi connectivity index (χ0v) is 20.8. The number of nitrogens with zero attached hydrogens (tertiary/aromatic N) is 2. The predicted molar refractivity (Wildman–Crippen MR) is 160 cm³/mol. The van der Waals surface area contributed by atoms with Gasteiger partial charge in [0, 0.05) is 22.2 Å². The summed E-state index contributed by atoms with van der Waals surface area (Å²) in [5.41, 5.74) is 7.38. The summed E-state index contributed by atoms with van der Waals surface area (Å²) in [6.45, 7) is 3.92. The zero-order valence-electron chi connectivity index (χ0n) is 20.8. The van der Waals surface area contributed by atoms with Crippen molar-refractivity contribution in [3.63, 3.8) is 0 Å². The van der Waals surface area contributed by atoms with Crippen LogP contribution in [0, 0.1) is 5.41 Å². The van der Waals surface area contributed by atoms with Crippen LogP contribution in [-0.2, 0) is 0 Å². The van der Waals surface area contributed by atoms with E-state index in [1.54, 1.807) is 6.08 Å². The molecular formula is C34H26N4. The quantitative estimate of drug-likeness (QED) is 0.139. The van der Waals surface area contributed by atoms with E-state index in [9.17, 15) is 5.41 Å². The molecule has 6 aromatic rings. The lowest BCUT2D eigenvalue weighted by atomic mass is 10.0. The third-order valence-corrected chi connectivity index (χ3v) is 6.61. The molecule has 0 aliphatic heterocycles. The van der Waals surface area contributed by atoms with Gasteiger partial charge >= 0.3 is 0 Å². The Bertz CT molecular complexity index is 1800. The molecule has 0 saturated heterocycles. The van der Waals surface area contributed by atoms with Crippen LogP contribution in [0.3, 0.4) is 0 Å². The lowest BCUT2D eigenvalue weighted by Crippen LogP contribution is -2.13. The minimum absolute atomic E-state index is 0.367. The first-order valence-corrected chi connectivity index (χ1v) is 12.5. The molecule has 0 spiro atoms. The van der Waals surface area contributed by atoms with Crippen LogP contribution in [0.25, 0.3) is 38.6 Å². The van der Waals surface area contributed by atoms with Crippen LogP contribution >= 0.6 is 0 Å². The van der Waals surface area contributed by atoms with Gasteiger partial charge in [-0.05, 0) is 35.4 Å². The van der Waals surface area contributed by atoms with Crippen molar-refractivity contribution in [2.45, 2.75) is 0 Å². The van der Waals surface area contributed by atoms with Crippen LogP contribution in [0.1, 0.15) is 5.56 Å². The van der Waals surface area contributed by atoms with Crippen LogP contribution < -0.4 is 5.32 Å². The molecule has 38 heavy (non-hydrogen) atoms. The molecule has 0 aliphatic carbocycles. The molecule has 4 nitrogen and oxygen atoms in total. The van der Waals surface area contributed by atoms with E-state index in [1.807, 2.05) is 102 Å². The topological polar surface area (TPSA) is 53.7 Å². The van der Waals surface area contributed by atoms with Gasteiger partial charge < -0.3 is 5.32 Å². The lowest BCUT2D eigenvalue weighted by molar-refractivity contribution is 1.23. The number of hydrogen-bond acceptors (Lipinski definition) is 3. The van der Waals surface area contributed by atoms with Gasteiger partial charge in [0.1, 0.15) is 11.7 Å². The third kappa shape index (κ3) is 4.18. The van der Waals surface area contributed by atoms with E-state index in [2.05, 4.69) is 42.2 Å². The van der Waals surface area contributed by atoms with Crippen LogP contribution in [-0.4, -0.2) is 15.4 Å². The first-order chi connectivity index (χ1) is 18.7. The van der Waals surface area contributed by atoms with Crippen LogP contribution in [0.2, 0.25) is 0 Å². The maximum atomic E-state index is 9.42. The van der Waals surface area contributed by atoms with Crippen LogP contribution in [0.5, 0.6) is 0 Å². The normalized spacial score (nSPS) is 11.5. The van der Waals surface area contributed by atoms with Crippen molar-refractivity contribution in [3.05, 3.63) is 146 Å². The van der Waals surface area contributed by atoms with E-state index < -0.39 is 0 Å². The van der Waals surface area contributed by atoms with Crippen molar-refractivity contribution in [1.82, 2.24) is 9.55 Å². The Hall–Kier alpha value is -5.22. The Morgan fingerprint density at radius 1 is 0.763 bits per heavy atom. The zero-order chi connectivity index (χ0) is 25.9. The molecule has 6 rings (SSSR count). The summed E-state index contributed by atoms with van der Waals surface area (Å²) < 4.78 is 2.00. The molecule has 182 valence electrons. The standard InChI is InChI=1S/C34H26N4/c1-2-14-27(24-15-6-3-7-16-24)33(35)38-30-22-13-12-21-28(30)32-31(38)23-29(25-17-8-4-9-18-25)34(37-32)36-26-19-10-5-11-20-26/h2-23,35H,1H2,(H,36,37)/b27-14-,35-33?. The van der Waals surface area contributed by atoms with E-state index in [0.29, 0.717) is 5.84 Å². The van der Waals surface area contributed by atoms with Gasteiger partial charge in [0.15, 0.2) is 0 Å². The maximum Gasteiger partial charge on any atom is 0.139 e. The summed E-state index contributed by atoms with van der Waals surface area (Å²) >= 11 is 0. The summed E-state index contributed by atoms with van der Waals surface area (Å²) in [7, 11) is 0. The number of aromatic nitrogens is 2. The minimum atomic E-state index is 0.367. The average Bonchev–Trinajstić information content (AvgIpc) is 3.30. The number of anilines is 2. The maximum absolute atomic E-state index is 9.42. The number of allylic oxidation sites excluding steroid dienone is 3. The first-order valence-electron chi connectivity index (χ1n) is 12.5. The number of benzene rings is 4. The second kappa shape index (κ2) is 10.0. The van der Waals surface area contributed by atoms with Gasteiger partial charge in [-0.1, -0.05) is 116 Å². The molecule has 0 atom stereocenters. The molecule has 0 aliphatic rings. The third-order valence-electron chi connectivity index (χ3n) is 6.61. The van der Waals surface area contributed by atoms with Gasteiger partial charge in [-0.15, -0.1) is 0 Å². The predicted octanol–water partition coefficient (Wildman–Crippen LogP) is 8.70. The molecular weight excluding hydrogens is 464 g/mol. The summed E-state index contributed by atoms with van der Waals surface area (Å²) in [5, 5.41) is 14.0. The van der Waals surface area contributed by atoms with E-state index in [4.69, 9.17) is 4.98 Å². The molecule has 2 aromatic heterocycles. The fraction of sp³-hybridized carbons (Fsp3) is 0. The molecule has 0 amide bonds. The molecule has 0 unspecified atom stereocenters. The summed E-state index contributed by atoms with van der Waals surface area (Å²) in [6, 6.07) is 40.6. The Balaban J connectivity index is 1.64. The molecule has 0 bridgehead atoms. The first kappa shape index (κ1) is 23.2. The van der Waals surface area contributed by atoms with Crippen molar-refractivity contribution in [1.29, 1.82) is 5.41 Å². The largest absolute Gasteiger partial charge is 0.340 e. The van der Waals surface area contributed by atoms with Gasteiger partial charge in [0.05, 0.1) is 16.6 Å². The van der Waals surface area contributed by atoms with E-state index in [1.165, 1.54) is 0 Å². The number of fused-ring (bicyclic) bond motifs is 3. The molecule has 2 N–H and O–H groups in total. The fourth-order valence-corrected chi connectivity index (χ4v) is 4.87. The van der Waals surface area contributed by atoms with Gasteiger partial charge in [-0.25, -0.2) is 4.98 Å². The number of hydrogen-bond donors (Lipinski definition) is 2. The molecule has 0 saturated carbocycles. The fourth-order valence-electron chi connectivity index (χ4n) is 4.87. The van der Waals surface area contributed by atoms with Crippen molar-refractivity contribution >= 4 is 44.9 Å². The Morgan fingerprint density at radius 3 is 2.11 bits per heavy atom. The van der Waals surface area contributed by atoms with E-state index >= 15 is 0 Å². The SMILES string of the molecule is C=C/C=C(\C(=N)n1c2ccccc2c2nc(Nc3ccccc3)c(-c3ccccc3)cc21)c1ccccc1. The van der Waals surface area contributed by atoms with Crippen LogP contribution in [0.4, 0.5) is 11.5 Å². The Morgan fingerprint density at radius 2 is 1.39 bits per heavy atom. The summed E-state index contributed by atoms with van der Waals surface area (Å²) in [4.78, 5) is 5.19. The van der Waals surface area contributed by atoms with Crippen molar-refractivity contribution in [2.75, 3.05) is 5.32 Å². The molecule has 4 heteroatoms. The van der Waals surface area contributed by atoms with Gasteiger partial charge in [0.25, 0.3) is 0 Å². The molecule has 4 aromatic carbocycles. The molecule has 2 heterocycles. The smallest absolute Gasteiger partial charge is 0.139 e. The van der Waals surface area contributed by atoms with Crippen LogP contribution in [0.15, 0.2) is 140 Å². The second-order valence-electron chi connectivity index (χ2n) is 8.99. The van der Waals surface area contributed by atoms with Crippen molar-refractivity contribution in [2.24, 2.45) is 0 Å². The lowest BCUT2D eigenvalue weighted by Gasteiger charge is -2.15. The number of para-hydroxylation sites is 2. The van der Waals surface area contributed by atoms with Crippen molar-refractivity contribution in [3.8, 4) is 11.1 Å². The Kier molecular flexibility index (Phi) is 6.12. The molecule has 0 radical (unpaired) electrons. The van der Waals surface area contributed by atoms with Crippen molar-refractivity contribution < 1.29 is 0 Å². The van der Waals surface area contributed by atoms with E-state index in [0.717, 1.165) is 55.7 Å². The molecule has 0 fully saturated rings. The Labute approximate surface area is 221 Å².